The summed E-state index contributed by atoms with van der Waals surface area (Å²) in [5.41, 5.74) is 4.64. The van der Waals surface area contributed by atoms with Gasteiger partial charge in [-0.15, -0.1) is 0 Å². The van der Waals surface area contributed by atoms with E-state index in [9.17, 15) is 4.79 Å². The average molecular weight is 278 g/mol. The molecule has 0 aromatic heterocycles. The normalized spacial score (nSPS) is 10.0. The minimum Gasteiger partial charge on any atom is -0.337 e. The number of nitriles is 1. The third-order valence-corrected chi connectivity index (χ3v) is 3.60. The molecule has 0 aliphatic heterocycles. The van der Waals surface area contributed by atoms with Crippen molar-refractivity contribution in [3.05, 3.63) is 70.3 Å². The molecule has 3 heteroatoms. The predicted molar refractivity (Wildman–Crippen MR) is 82.9 cm³/mol. The average Bonchev–Trinajstić information content (AvgIpc) is 2.50. The summed E-state index contributed by atoms with van der Waals surface area (Å²) < 4.78 is 0. The molecule has 0 aliphatic carbocycles. The molecule has 2 rings (SSSR count). The molecule has 0 fully saturated rings. The van der Waals surface area contributed by atoms with Gasteiger partial charge in [-0.05, 0) is 54.8 Å². The quantitative estimate of drug-likeness (QED) is 0.863. The van der Waals surface area contributed by atoms with Crippen LogP contribution in [0.4, 0.5) is 0 Å². The molecule has 0 spiro atoms. The largest absolute Gasteiger partial charge is 0.337 e. The first kappa shape index (κ1) is 14.8. The van der Waals surface area contributed by atoms with Gasteiger partial charge in [-0.3, -0.25) is 4.79 Å². The molecule has 3 nitrogen and oxygen atoms in total. The van der Waals surface area contributed by atoms with E-state index < -0.39 is 0 Å². The van der Waals surface area contributed by atoms with Crippen LogP contribution in [0, 0.1) is 25.2 Å². The number of benzene rings is 2. The van der Waals surface area contributed by atoms with Crippen molar-refractivity contribution in [1.82, 2.24) is 4.90 Å². The monoisotopic (exact) mass is 278 g/mol. The first-order valence-corrected chi connectivity index (χ1v) is 6.83. The van der Waals surface area contributed by atoms with Crippen LogP contribution in [0.25, 0.3) is 0 Å². The molecule has 0 saturated heterocycles. The second-order valence-corrected chi connectivity index (χ2v) is 5.27. The van der Waals surface area contributed by atoms with E-state index in [1.54, 1.807) is 24.1 Å². The highest BCUT2D eigenvalue weighted by Crippen LogP contribution is 2.13. The van der Waals surface area contributed by atoms with E-state index in [0.717, 1.165) is 11.1 Å². The summed E-state index contributed by atoms with van der Waals surface area (Å²) in [5.74, 6) is 0.00228. The fourth-order valence-corrected chi connectivity index (χ4v) is 2.13. The van der Waals surface area contributed by atoms with Crippen LogP contribution in [-0.2, 0) is 6.54 Å². The summed E-state index contributed by atoms with van der Waals surface area (Å²) in [6.45, 7) is 4.56. The Morgan fingerprint density at radius 3 is 2.33 bits per heavy atom. The molecule has 2 aromatic rings. The summed E-state index contributed by atoms with van der Waals surface area (Å²) in [6, 6.07) is 15.1. The topological polar surface area (TPSA) is 44.1 Å². The number of rotatable bonds is 3. The zero-order chi connectivity index (χ0) is 15.4. The smallest absolute Gasteiger partial charge is 0.253 e. The van der Waals surface area contributed by atoms with Crippen molar-refractivity contribution >= 4 is 5.91 Å². The number of carbonyl (C=O) groups is 1. The van der Waals surface area contributed by atoms with Gasteiger partial charge < -0.3 is 4.90 Å². The Balaban J connectivity index is 2.11. The van der Waals surface area contributed by atoms with E-state index in [-0.39, 0.29) is 5.91 Å². The third-order valence-electron chi connectivity index (χ3n) is 3.60. The van der Waals surface area contributed by atoms with Gasteiger partial charge in [0.05, 0.1) is 11.6 Å². The van der Waals surface area contributed by atoms with Crippen LogP contribution in [0.2, 0.25) is 0 Å². The standard InChI is InChI=1S/C18H18N2O/c1-13-4-9-17(10-14(13)2)18(21)20(3)12-16-7-5-15(11-19)6-8-16/h4-10H,12H2,1-3H3. The van der Waals surface area contributed by atoms with Gasteiger partial charge >= 0.3 is 0 Å². The van der Waals surface area contributed by atoms with Gasteiger partial charge in [0.15, 0.2) is 0 Å². The van der Waals surface area contributed by atoms with Crippen molar-refractivity contribution in [3.63, 3.8) is 0 Å². The van der Waals surface area contributed by atoms with Crippen molar-refractivity contribution in [3.8, 4) is 6.07 Å². The van der Waals surface area contributed by atoms with E-state index in [4.69, 9.17) is 5.26 Å². The fourth-order valence-electron chi connectivity index (χ4n) is 2.13. The van der Waals surface area contributed by atoms with E-state index in [1.165, 1.54) is 5.56 Å². The maximum Gasteiger partial charge on any atom is 0.253 e. The molecule has 0 atom stereocenters. The van der Waals surface area contributed by atoms with Gasteiger partial charge in [0.25, 0.3) is 5.91 Å². The predicted octanol–water partition coefficient (Wildman–Crippen LogP) is 3.45. The minimum absolute atomic E-state index is 0.00228. The summed E-state index contributed by atoms with van der Waals surface area (Å²) in [6.07, 6.45) is 0. The molecule has 0 unspecified atom stereocenters. The van der Waals surface area contributed by atoms with E-state index in [1.807, 2.05) is 44.2 Å². The van der Waals surface area contributed by atoms with Crippen molar-refractivity contribution in [2.24, 2.45) is 0 Å². The maximum atomic E-state index is 12.4. The molecule has 0 heterocycles. The molecule has 1 amide bonds. The zero-order valence-electron chi connectivity index (χ0n) is 12.6. The first-order chi connectivity index (χ1) is 10.0. The van der Waals surface area contributed by atoms with Gasteiger partial charge in [-0.1, -0.05) is 18.2 Å². The Morgan fingerprint density at radius 1 is 1.10 bits per heavy atom. The summed E-state index contributed by atoms with van der Waals surface area (Å²) in [7, 11) is 1.79. The van der Waals surface area contributed by atoms with E-state index >= 15 is 0 Å². The van der Waals surface area contributed by atoms with Crippen LogP contribution in [0.1, 0.15) is 32.6 Å². The Bertz CT molecular complexity index is 696. The second-order valence-electron chi connectivity index (χ2n) is 5.27. The van der Waals surface area contributed by atoms with Crippen LogP contribution in [0.3, 0.4) is 0 Å². The Hall–Kier alpha value is -2.60. The zero-order valence-corrected chi connectivity index (χ0v) is 12.6. The van der Waals surface area contributed by atoms with Crippen molar-refractivity contribution in [2.75, 3.05) is 7.05 Å². The summed E-state index contributed by atoms with van der Waals surface area (Å²) in [5, 5.41) is 8.78. The molecule has 0 bridgehead atoms. The molecular formula is C18H18N2O. The van der Waals surface area contributed by atoms with Crippen LogP contribution in [0.15, 0.2) is 42.5 Å². The Kier molecular flexibility index (Phi) is 4.39. The van der Waals surface area contributed by atoms with Crippen molar-refractivity contribution < 1.29 is 4.79 Å². The number of amides is 1. The molecule has 106 valence electrons. The fraction of sp³-hybridized carbons (Fsp3) is 0.222. The summed E-state index contributed by atoms with van der Waals surface area (Å²) in [4.78, 5) is 14.1. The van der Waals surface area contributed by atoms with Gasteiger partial charge in [0.2, 0.25) is 0 Å². The van der Waals surface area contributed by atoms with Gasteiger partial charge in [0, 0.05) is 19.2 Å². The number of hydrogen-bond donors (Lipinski definition) is 0. The third kappa shape index (κ3) is 3.49. The van der Waals surface area contributed by atoms with Crippen LogP contribution >= 0.6 is 0 Å². The first-order valence-electron chi connectivity index (χ1n) is 6.83. The van der Waals surface area contributed by atoms with Gasteiger partial charge in [-0.2, -0.15) is 5.26 Å². The minimum atomic E-state index is 0.00228. The number of carbonyl (C=O) groups excluding carboxylic acids is 1. The Morgan fingerprint density at radius 2 is 1.76 bits per heavy atom. The lowest BCUT2D eigenvalue weighted by Gasteiger charge is -2.18. The molecule has 0 N–H and O–H groups in total. The highest BCUT2D eigenvalue weighted by molar-refractivity contribution is 5.94. The molecule has 2 aromatic carbocycles. The van der Waals surface area contributed by atoms with Crippen molar-refractivity contribution in [1.29, 1.82) is 5.26 Å². The van der Waals surface area contributed by atoms with E-state index in [0.29, 0.717) is 17.7 Å². The van der Waals surface area contributed by atoms with E-state index in [2.05, 4.69) is 6.07 Å². The number of nitrogens with zero attached hydrogens (tertiary/aromatic N) is 2. The van der Waals surface area contributed by atoms with Crippen LogP contribution in [0.5, 0.6) is 0 Å². The number of hydrogen-bond acceptors (Lipinski definition) is 2. The van der Waals surface area contributed by atoms with Gasteiger partial charge in [0.1, 0.15) is 0 Å². The lowest BCUT2D eigenvalue weighted by atomic mass is 10.1. The van der Waals surface area contributed by atoms with Crippen molar-refractivity contribution in [2.45, 2.75) is 20.4 Å². The second kappa shape index (κ2) is 6.23. The highest BCUT2D eigenvalue weighted by Gasteiger charge is 2.12. The lowest BCUT2D eigenvalue weighted by Crippen LogP contribution is -2.26. The van der Waals surface area contributed by atoms with Crippen LogP contribution in [-0.4, -0.2) is 17.9 Å². The maximum absolute atomic E-state index is 12.4. The molecule has 0 radical (unpaired) electrons. The number of aryl methyl sites for hydroxylation is 2. The van der Waals surface area contributed by atoms with Gasteiger partial charge in [-0.25, -0.2) is 0 Å². The molecule has 0 saturated carbocycles. The SMILES string of the molecule is Cc1ccc(C(=O)N(C)Cc2ccc(C#N)cc2)cc1C. The lowest BCUT2D eigenvalue weighted by molar-refractivity contribution is 0.0785. The highest BCUT2D eigenvalue weighted by atomic mass is 16.2. The molecule has 21 heavy (non-hydrogen) atoms. The van der Waals surface area contributed by atoms with Crippen LogP contribution < -0.4 is 0 Å². The Labute approximate surface area is 125 Å². The summed E-state index contributed by atoms with van der Waals surface area (Å²) >= 11 is 0. The molecular weight excluding hydrogens is 260 g/mol. The molecule has 0 aliphatic rings.